The molecular formula is C47H57ClN2O10S. The quantitative estimate of drug-likeness (QED) is 0.0330. The summed E-state index contributed by atoms with van der Waals surface area (Å²) in [7, 11) is 1.53. The summed E-state index contributed by atoms with van der Waals surface area (Å²) in [6.45, 7) is 5.09. The highest BCUT2D eigenvalue weighted by molar-refractivity contribution is 7.99. The molecule has 3 aromatic rings. The second-order valence-electron chi connectivity index (χ2n) is 15.6. The summed E-state index contributed by atoms with van der Waals surface area (Å²) < 4.78 is 38.0. The summed E-state index contributed by atoms with van der Waals surface area (Å²) in [6.07, 6.45) is 8.26. The minimum atomic E-state index is -1.46. The number of benzene rings is 3. The summed E-state index contributed by atoms with van der Waals surface area (Å²) >= 11 is 7.83. The Hall–Kier alpha value is -4.40. The van der Waals surface area contributed by atoms with Crippen LogP contribution in [0.25, 0.3) is 0 Å². The van der Waals surface area contributed by atoms with Gasteiger partial charge in [-0.3, -0.25) is 4.90 Å². The van der Waals surface area contributed by atoms with Crippen molar-refractivity contribution in [2.75, 3.05) is 58.6 Å². The number of alkyl halides is 1. The molecule has 2 heterocycles. The van der Waals surface area contributed by atoms with Gasteiger partial charge in [0.05, 0.1) is 30.7 Å². The Bertz CT molecular complexity index is 2000. The van der Waals surface area contributed by atoms with Gasteiger partial charge in [0.15, 0.2) is 11.5 Å². The second kappa shape index (κ2) is 21.6. The molecule has 61 heavy (non-hydrogen) atoms. The highest BCUT2D eigenvalue weighted by Crippen LogP contribution is 2.62. The number of halogens is 1. The summed E-state index contributed by atoms with van der Waals surface area (Å²) in [4.78, 5) is 22.9. The van der Waals surface area contributed by atoms with Crippen molar-refractivity contribution in [2.45, 2.75) is 74.1 Å². The number of carbonyl (C=O) groups excluding carboxylic acids is 1. The third kappa shape index (κ3) is 10.1. The van der Waals surface area contributed by atoms with Gasteiger partial charge in [0, 0.05) is 48.3 Å². The molecule has 3 aromatic carbocycles. The highest BCUT2D eigenvalue weighted by Gasteiger charge is 2.65. The van der Waals surface area contributed by atoms with E-state index in [1.165, 1.54) is 12.0 Å². The van der Waals surface area contributed by atoms with Crippen molar-refractivity contribution >= 4 is 35.2 Å². The van der Waals surface area contributed by atoms with Crippen LogP contribution in [0.2, 0.25) is 0 Å². The molecule has 1 fully saturated rings. The van der Waals surface area contributed by atoms with E-state index in [0.717, 1.165) is 53.9 Å². The van der Waals surface area contributed by atoms with Gasteiger partial charge in [-0.25, -0.2) is 4.79 Å². The van der Waals surface area contributed by atoms with Gasteiger partial charge in [-0.1, -0.05) is 54.4 Å². The molecule has 0 radical (unpaired) electrons. The molecule has 6 atom stereocenters. The number of hydrogen-bond acceptors (Lipinski definition) is 12. The first-order chi connectivity index (χ1) is 29.9. The molecule has 6 unspecified atom stereocenters. The first kappa shape index (κ1) is 44.6. The standard InChI is InChI=1S/C47H57ClN2O10S/c1-3-22-59-47-43(50(46(53)56-23-19-48)30-32-15-17-41-42(26-32)58-31-57-41)29-39(49-54-2)37-27-33(11-7-9-20-51)36(14-8-10-21-52)44(45(37)47)38-28-34(16-18-40(38)60-47)55-24-25-61-35-12-5-4-6-13-35/h3-6,12-13,15-18,26-28,33,36,43-45,51-52H,1,7-11,14,19-25,29-31H2,2H3. The van der Waals surface area contributed by atoms with Crippen molar-refractivity contribution in [1.82, 2.24) is 4.90 Å². The van der Waals surface area contributed by atoms with Gasteiger partial charge in [-0.15, -0.1) is 29.9 Å². The normalized spacial score (nSPS) is 23.9. The lowest BCUT2D eigenvalue weighted by atomic mass is 9.55. The number of aliphatic hydroxyl groups is 2. The molecule has 328 valence electrons. The Morgan fingerprint density at radius 2 is 1.79 bits per heavy atom. The fourth-order valence-corrected chi connectivity index (χ4v) is 10.3. The zero-order chi connectivity index (χ0) is 42.6. The van der Waals surface area contributed by atoms with Crippen molar-refractivity contribution in [3.05, 3.63) is 102 Å². The Balaban J connectivity index is 1.37. The van der Waals surface area contributed by atoms with E-state index < -0.39 is 23.8 Å². The molecule has 4 aliphatic rings. The van der Waals surface area contributed by atoms with Crippen LogP contribution >= 0.6 is 23.4 Å². The van der Waals surface area contributed by atoms with Gasteiger partial charge in [0.1, 0.15) is 31.3 Å². The third-order valence-electron chi connectivity index (χ3n) is 11.9. The molecule has 7 rings (SSSR count). The number of oxime groups is 1. The number of fused-ring (bicyclic) bond motifs is 3. The lowest BCUT2D eigenvalue weighted by Crippen LogP contribution is -2.70. The minimum absolute atomic E-state index is 0.000259. The lowest BCUT2D eigenvalue weighted by Gasteiger charge is -2.59. The van der Waals surface area contributed by atoms with Crippen LogP contribution in [-0.2, 0) is 20.9 Å². The van der Waals surface area contributed by atoms with E-state index in [9.17, 15) is 15.0 Å². The number of unbranched alkanes of at least 4 members (excludes halogenated alkanes) is 2. The number of aliphatic hydroxyl groups excluding tert-OH is 2. The average molecular weight is 877 g/mol. The fraction of sp³-hybridized carbons (Fsp3) is 0.489. The molecule has 14 heteroatoms. The Morgan fingerprint density at radius 1 is 1.00 bits per heavy atom. The van der Waals surface area contributed by atoms with Gasteiger partial charge in [-0.05, 0) is 91.1 Å². The van der Waals surface area contributed by atoms with Crippen LogP contribution in [0.4, 0.5) is 4.79 Å². The average Bonchev–Trinajstić information content (AvgIpc) is 3.76. The molecule has 0 aromatic heterocycles. The molecule has 2 N–H and O–H groups in total. The predicted molar refractivity (Wildman–Crippen MR) is 235 cm³/mol. The lowest BCUT2D eigenvalue weighted by molar-refractivity contribution is -0.256. The number of thioether (sulfide) groups is 1. The number of allylic oxidation sites excluding steroid dienone is 1. The maximum absolute atomic E-state index is 14.5. The van der Waals surface area contributed by atoms with Gasteiger partial charge >= 0.3 is 6.09 Å². The maximum Gasteiger partial charge on any atom is 0.410 e. The monoisotopic (exact) mass is 876 g/mol. The Kier molecular flexibility index (Phi) is 15.8. The van der Waals surface area contributed by atoms with E-state index >= 15 is 0 Å². The van der Waals surface area contributed by atoms with Crippen LogP contribution in [0.1, 0.15) is 62.0 Å². The molecule has 0 bridgehead atoms. The Morgan fingerprint density at radius 3 is 2.56 bits per heavy atom. The van der Waals surface area contributed by atoms with Crippen molar-refractivity contribution in [1.29, 1.82) is 0 Å². The number of ether oxygens (including phenoxy) is 6. The van der Waals surface area contributed by atoms with Crippen LogP contribution < -0.4 is 18.9 Å². The van der Waals surface area contributed by atoms with E-state index in [4.69, 9.17) is 44.9 Å². The van der Waals surface area contributed by atoms with E-state index in [1.54, 1.807) is 22.7 Å². The topological polar surface area (TPSA) is 138 Å². The van der Waals surface area contributed by atoms with Crippen molar-refractivity contribution < 1.29 is 48.3 Å². The summed E-state index contributed by atoms with van der Waals surface area (Å²) in [5, 5.41) is 24.5. The highest BCUT2D eigenvalue weighted by atomic mass is 35.5. The molecule has 0 spiro atoms. The smallest absolute Gasteiger partial charge is 0.410 e. The van der Waals surface area contributed by atoms with E-state index in [-0.39, 0.29) is 69.8 Å². The summed E-state index contributed by atoms with van der Waals surface area (Å²) in [5.74, 6) is 1.47. The minimum Gasteiger partial charge on any atom is -0.493 e. The zero-order valence-electron chi connectivity index (χ0n) is 34.8. The van der Waals surface area contributed by atoms with Crippen molar-refractivity contribution in [3.63, 3.8) is 0 Å². The van der Waals surface area contributed by atoms with Crippen LogP contribution in [0, 0.1) is 17.8 Å². The van der Waals surface area contributed by atoms with Crippen LogP contribution in [-0.4, -0.2) is 97.3 Å². The van der Waals surface area contributed by atoms with Gasteiger partial charge in [-0.2, -0.15) is 0 Å². The van der Waals surface area contributed by atoms with E-state index in [0.29, 0.717) is 42.4 Å². The zero-order valence-corrected chi connectivity index (χ0v) is 36.3. The molecule has 2 aliphatic carbocycles. The van der Waals surface area contributed by atoms with E-state index in [1.807, 2.05) is 48.5 Å². The molecular weight excluding hydrogens is 820 g/mol. The third-order valence-corrected chi connectivity index (χ3v) is 13.0. The number of carbonyl (C=O) groups is 1. The van der Waals surface area contributed by atoms with Crippen LogP contribution in [0.15, 0.2) is 101 Å². The van der Waals surface area contributed by atoms with Crippen LogP contribution in [0.5, 0.6) is 23.0 Å². The molecule has 1 amide bonds. The number of amides is 1. The molecule has 2 aliphatic heterocycles. The summed E-state index contributed by atoms with van der Waals surface area (Å²) in [5.41, 5.74) is 3.38. The predicted octanol–water partition coefficient (Wildman–Crippen LogP) is 8.73. The van der Waals surface area contributed by atoms with Gasteiger partial charge in [0.2, 0.25) is 12.6 Å². The van der Waals surface area contributed by atoms with Gasteiger partial charge < -0.3 is 43.5 Å². The number of hydrogen-bond donors (Lipinski definition) is 2. The first-order valence-electron chi connectivity index (χ1n) is 21.2. The Labute approximate surface area is 367 Å². The summed E-state index contributed by atoms with van der Waals surface area (Å²) in [6, 6.07) is 21.1. The number of rotatable bonds is 22. The van der Waals surface area contributed by atoms with Gasteiger partial charge in [0.25, 0.3) is 0 Å². The van der Waals surface area contributed by atoms with Crippen molar-refractivity contribution in [2.24, 2.45) is 22.9 Å². The molecule has 1 saturated carbocycles. The first-order valence-corrected chi connectivity index (χ1v) is 22.8. The largest absolute Gasteiger partial charge is 0.493 e. The second-order valence-corrected chi connectivity index (χ2v) is 17.1. The fourth-order valence-electron chi connectivity index (χ4n) is 9.43. The SMILES string of the molecule is C=CCOC12Oc3ccc(OCCSc4ccccc4)cc3C3C(CCCCO)C(CCCCO)C=C(C(=NOC)CC1N(Cc1ccc4c(c1)OCO4)C(=O)OCCCl)C32. The number of nitrogens with zero attached hydrogens (tertiary/aromatic N) is 2. The van der Waals surface area contributed by atoms with Crippen LogP contribution in [0.3, 0.4) is 0 Å². The molecule has 0 saturated heterocycles. The molecule has 12 nitrogen and oxygen atoms in total. The van der Waals surface area contributed by atoms with Crippen molar-refractivity contribution in [3.8, 4) is 23.0 Å². The van der Waals surface area contributed by atoms with E-state index in [2.05, 4.69) is 36.0 Å². The maximum atomic E-state index is 14.5.